The number of carbonyl (C=O) groups excluding carboxylic acids is 2. The number of fused-ring (bicyclic) bond motifs is 1. The number of guanidine groups is 1. The van der Waals surface area contributed by atoms with Crippen molar-refractivity contribution in [1.29, 1.82) is 0 Å². The van der Waals surface area contributed by atoms with Crippen molar-refractivity contribution in [3.05, 3.63) is 82.8 Å². The summed E-state index contributed by atoms with van der Waals surface area (Å²) in [4.78, 5) is 34.9. The molecule has 0 bridgehead atoms. The maximum atomic E-state index is 13.3. The highest BCUT2D eigenvalue weighted by molar-refractivity contribution is 6.14. The van der Waals surface area contributed by atoms with Crippen LogP contribution in [0.25, 0.3) is 0 Å². The summed E-state index contributed by atoms with van der Waals surface area (Å²) in [5, 5.41) is 2.55. The van der Waals surface area contributed by atoms with Gasteiger partial charge >= 0.3 is 6.18 Å². The zero-order chi connectivity index (χ0) is 23.6. The lowest BCUT2D eigenvalue weighted by Crippen LogP contribution is -2.38. The van der Waals surface area contributed by atoms with Crippen molar-refractivity contribution in [3.8, 4) is 0 Å². The van der Waals surface area contributed by atoms with Gasteiger partial charge in [0.15, 0.2) is 0 Å². The van der Waals surface area contributed by atoms with Crippen LogP contribution in [0.3, 0.4) is 0 Å². The third-order valence-electron chi connectivity index (χ3n) is 5.18. The first-order valence-electron chi connectivity index (χ1n) is 10.0. The van der Waals surface area contributed by atoms with Gasteiger partial charge in [0, 0.05) is 30.3 Å². The van der Waals surface area contributed by atoms with Crippen molar-refractivity contribution in [2.24, 2.45) is 9.98 Å². The number of nitrogens with zero attached hydrogens (tertiary/aromatic N) is 3. The van der Waals surface area contributed by atoms with E-state index in [1.807, 2.05) is 0 Å². The summed E-state index contributed by atoms with van der Waals surface area (Å²) in [6.45, 7) is 0.536. The molecule has 6 nitrogen and oxygen atoms in total. The minimum atomic E-state index is -4.42. The van der Waals surface area contributed by atoms with E-state index in [9.17, 15) is 27.2 Å². The predicted molar refractivity (Wildman–Crippen MR) is 113 cm³/mol. The van der Waals surface area contributed by atoms with E-state index < -0.39 is 23.5 Å². The Bertz CT molecular complexity index is 1180. The van der Waals surface area contributed by atoms with Crippen LogP contribution in [0.4, 0.5) is 17.6 Å². The Morgan fingerprint density at radius 3 is 2.55 bits per heavy atom. The van der Waals surface area contributed by atoms with Gasteiger partial charge in [0.25, 0.3) is 5.91 Å². The summed E-state index contributed by atoms with van der Waals surface area (Å²) in [6, 6.07) is 9.75. The summed E-state index contributed by atoms with van der Waals surface area (Å²) in [6.07, 6.45) is -2.40. The van der Waals surface area contributed by atoms with Crippen LogP contribution in [0.15, 0.2) is 70.3 Å². The molecule has 2 amide bonds. The molecule has 0 saturated heterocycles. The van der Waals surface area contributed by atoms with Crippen molar-refractivity contribution in [3.63, 3.8) is 0 Å². The third kappa shape index (κ3) is 5.33. The highest BCUT2D eigenvalue weighted by Gasteiger charge is 2.30. The molecule has 0 aromatic heterocycles. The van der Waals surface area contributed by atoms with Crippen molar-refractivity contribution >= 4 is 23.5 Å². The first-order chi connectivity index (χ1) is 15.7. The molecule has 2 aromatic rings. The number of nitrogens with one attached hydrogen (secondary N) is 1. The van der Waals surface area contributed by atoms with Gasteiger partial charge in [0.1, 0.15) is 5.82 Å². The van der Waals surface area contributed by atoms with E-state index in [1.165, 1.54) is 35.2 Å². The molecule has 2 heterocycles. The van der Waals surface area contributed by atoms with Crippen molar-refractivity contribution in [2.75, 3.05) is 13.1 Å². The Balaban J connectivity index is 1.38. The van der Waals surface area contributed by atoms with E-state index in [0.717, 1.165) is 18.2 Å². The monoisotopic (exact) mass is 458 g/mol. The summed E-state index contributed by atoms with van der Waals surface area (Å²) in [7, 11) is 0. The summed E-state index contributed by atoms with van der Waals surface area (Å²) in [5.41, 5.74) is 1.25. The summed E-state index contributed by atoms with van der Waals surface area (Å²) >= 11 is 0. The van der Waals surface area contributed by atoms with Gasteiger partial charge in [-0.05, 0) is 35.9 Å². The molecule has 0 radical (unpaired) electrons. The number of alkyl halides is 3. The molecular weight excluding hydrogens is 440 g/mol. The molecule has 4 rings (SSSR count). The number of halogens is 4. The molecule has 0 fully saturated rings. The van der Waals surface area contributed by atoms with Crippen molar-refractivity contribution in [2.45, 2.75) is 19.0 Å². The highest BCUT2D eigenvalue weighted by atomic mass is 19.4. The molecule has 10 heteroatoms. The molecule has 0 saturated carbocycles. The Hall–Kier alpha value is -3.82. The molecule has 33 heavy (non-hydrogen) atoms. The zero-order valence-corrected chi connectivity index (χ0v) is 17.2. The summed E-state index contributed by atoms with van der Waals surface area (Å²) in [5.74, 6) is -1.20. The molecule has 0 unspecified atom stereocenters. The molecule has 0 aliphatic carbocycles. The van der Waals surface area contributed by atoms with Gasteiger partial charge in [0.2, 0.25) is 11.9 Å². The number of rotatable bonds is 3. The first kappa shape index (κ1) is 22.4. The topological polar surface area (TPSA) is 74.1 Å². The van der Waals surface area contributed by atoms with E-state index in [2.05, 4.69) is 15.3 Å². The number of carbonyl (C=O) groups is 2. The fourth-order valence-electron chi connectivity index (χ4n) is 3.45. The fourth-order valence-corrected chi connectivity index (χ4v) is 3.45. The maximum Gasteiger partial charge on any atom is 0.416 e. The zero-order valence-electron chi connectivity index (χ0n) is 17.2. The standard InChI is InChI=1S/C23H18F4N4O2/c24-18-3-1-2-15(11-18)21(33)30-22-28-12-16-13-31(9-8-19(16)29-22)20(32)10-14-4-6-17(7-5-14)23(25,26)27/h1-7,11,13H,8-10,12H2,(H,28,30,33). The molecule has 0 spiro atoms. The Morgan fingerprint density at radius 1 is 1.09 bits per heavy atom. The molecule has 2 aliphatic heterocycles. The normalized spacial score (nSPS) is 15.8. The van der Waals surface area contributed by atoms with E-state index in [0.29, 0.717) is 29.8 Å². The van der Waals surface area contributed by atoms with Gasteiger partial charge in [-0.25, -0.2) is 14.4 Å². The highest BCUT2D eigenvalue weighted by Crippen LogP contribution is 2.29. The van der Waals surface area contributed by atoms with Crippen LogP contribution in [0.5, 0.6) is 0 Å². The second kappa shape index (κ2) is 8.97. The van der Waals surface area contributed by atoms with Gasteiger partial charge in [-0.15, -0.1) is 0 Å². The van der Waals surface area contributed by atoms with Gasteiger partial charge in [-0.3, -0.25) is 14.9 Å². The molecule has 2 aliphatic rings. The Labute approximate surface area is 186 Å². The predicted octanol–water partition coefficient (Wildman–Crippen LogP) is 3.74. The van der Waals surface area contributed by atoms with Crippen LogP contribution in [-0.2, 0) is 17.4 Å². The fraction of sp³-hybridized carbons (Fsp3) is 0.217. The summed E-state index contributed by atoms with van der Waals surface area (Å²) < 4.78 is 51.4. The maximum absolute atomic E-state index is 13.3. The largest absolute Gasteiger partial charge is 0.416 e. The third-order valence-corrected chi connectivity index (χ3v) is 5.18. The molecule has 170 valence electrons. The number of hydrogen-bond acceptors (Lipinski definition) is 4. The van der Waals surface area contributed by atoms with Crippen molar-refractivity contribution < 1.29 is 27.2 Å². The second-order valence-corrected chi connectivity index (χ2v) is 7.53. The Kier molecular flexibility index (Phi) is 6.08. The minimum absolute atomic E-state index is 0.0351. The quantitative estimate of drug-likeness (QED) is 0.712. The SMILES string of the molecule is O=C(NC1=NCC2=CN(C(=O)Cc3ccc(C(F)(F)F)cc3)CCC2=N1)c1cccc(F)c1. The minimum Gasteiger partial charge on any atom is -0.318 e. The van der Waals surface area contributed by atoms with E-state index in [-0.39, 0.29) is 30.4 Å². The van der Waals surface area contributed by atoms with Gasteiger partial charge in [-0.2, -0.15) is 13.2 Å². The van der Waals surface area contributed by atoms with Crippen LogP contribution in [0, 0.1) is 5.82 Å². The van der Waals surface area contributed by atoms with E-state index >= 15 is 0 Å². The Morgan fingerprint density at radius 2 is 1.85 bits per heavy atom. The van der Waals surface area contributed by atoms with Gasteiger partial charge in [0.05, 0.1) is 24.2 Å². The molecular formula is C23H18F4N4O2. The average Bonchev–Trinajstić information content (AvgIpc) is 2.78. The van der Waals surface area contributed by atoms with Crippen LogP contribution in [0.2, 0.25) is 0 Å². The number of benzene rings is 2. The first-order valence-corrected chi connectivity index (χ1v) is 10.0. The molecule has 0 atom stereocenters. The smallest absolute Gasteiger partial charge is 0.318 e. The van der Waals surface area contributed by atoms with Crippen LogP contribution < -0.4 is 5.32 Å². The lowest BCUT2D eigenvalue weighted by molar-refractivity contribution is -0.137. The van der Waals surface area contributed by atoms with Crippen LogP contribution >= 0.6 is 0 Å². The van der Waals surface area contributed by atoms with Crippen molar-refractivity contribution in [1.82, 2.24) is 10.2 Å². The number of aliphatic imine (C=N–C) groups is 2. The van der Waals surface area contributed by atoms with E-state index in [1.54, 1.807) is 6.20 Å². The lowest BCUT2D eigenvalue weighted by Gasteiger charge is -2.27. The van der Waals surface area contributed by atoms with Gasteiger partial charge < -0.3 is 4.90 Å². The second-order valence-electron chi connectivity index (χ2n) is 7.53. The van der Waals surface area contributed by atoms with Gasteiger partial charge in [-0.1, -0.05) is 18.2 Å². The number of hydrogen-bond donors (Lipinski definition) is 1. The molecule has 1 N–H and O–H groups in total. The van der Waals surface area contributed by atoms with E-state index in [4.69, 9.17) is 0 Å². The molecule has 2 aromatic carbocycles. The lowest BCUT2D eigenvalue weighted by atomic mass is 10.0. The average molecular weight is 458 g/mol. The van der Waals surface area contributed by atoms with Crippen LogP contribution in [0.1, 0.15) is 27.9 Å². The van der Waals surface area contributed by atoms with Crippen LogP contribution in [-0.4, -0.2) is 41.5 Å². The number of amides is 2.